The molecule has 0 aliphatic heterocycles. The summed E-state index contributed by atoms with van der Waals surface area (Å²) in [6, 6.07) is -1.43. The van der Waals surface area contributed by atoms with Crippen LogP contribution < -0.4 is 10.5 Å². The average Bonchev–Trinajstić information content (AvgIpc) is 2.83. The van der Waals surface area contributed by atoms with Gasteiger partial charge in [-0.2, -0.15) is 4.72 Å². The van der Waals surface area contributed by atoms with Gasteiger partial charge in [-0.15, -0.1) is 0 Å². The molecular formula is C10H16N4O5S. The number of nitrogens with zero attached hydrogens (tertiary/aromatic N) is 1. The summed E-state index contributed by atoms with van der Waals surface area (Å²) in [5, 5.41) is 8.72. The van der Waals surface area contributed by atoms with Crippen LogP contribution in [0.5, 0.6) is 0 Å². The number of carbonyl (C=O) groups excluding carboxylic acids is 1. The summed E-state index contributed by atoms with van der Waals surface area (Å²) in [7, 11) is -4.04. The molecule has 5 N–H and O–H groups in total. The van der Waals surface area contributed by atoms with Crippen molar-refractivity contribution in [2.45, 2.75) is 37.3 Å². The molecule has 0 aliphatic rings. The fourth-order valence-corrected chi connectivity index (χ4v) is 2.59. The van der Waals surface area contributed by atoms with Gasteiger partial charge in [-0.25, -0.2) is 13.4 Å². The molecule has 1 atom stereocenters. The molecule has 20 heavy (non-hydrogen) atoms. The Labute approximate surface area is 115 Å². The molecule has 10 heteroatoms. The molecule has 0 radical (unpaired) electrons. The number of hydrogen-bond acceptors (Lipinski definition) is 5. The second-order valence-electron chi connectivity index (χ2n) is 4.06. The zero-order chi connectivity index (χ0) is 15.3. The first-order chi connectivity index (χ1) is 9.26. The number of aryl methyl sites for hydroxylation is 1. The number of sulfonamides is 1. The highest BCUT2D eigenvalue weighted by atomic mass is 32.2. The molecule has 0 bridgehead atoms. The molecule has 0 spiro atoms. The second-order valence-corrected chi connectivity index (χ2v) is 5.75. The summed E-state index contributed by atoms with van der Waals surface area (Å²) in [5.74, 6) is -1.62. The maximum atomic E-state index is 12.0. The van der Waals surface area contributed by atoms with Gasteiger partial charge in [-0.3, -0.25) is 9.59 Å². The van der Waals surface area contributed by atoms with Crippen molar-refractivity contribution in [2.75, 3.05) is 0 Å². The van der Waals surface area contributed by atoms with E-state index >= 15 is 0 Å². The second kappa shape index (κ2) is 6.48. The van der Waals surface area contributed by atoms with Gasteiger partial charge in [0.15, 0.2) is 5.03 Å². The van der Waals surface area contributed by atoms with Crippen LogP contribution in [0.3, 0.4) is 0 Å². The van der Waals surface area contributed by atoms with Crippen molar-refractivity contribution < 1.29 is 23.1 Å². The van der Waals surface area contributed by atoms with E-state index in [1.807, 2.05) is 4.72 Å². The van der Waals surface area contributed by atoms with Crippen LogP contribution in [0.25, 0.3) is 0 Å². The number of amides is 1. The van der Waals surface area contributed by atoms with E-state index in [4.69, 9.17) is 10.8 Å². The lowest BCUT2D eigenvalue weighted by Gasteiger charge is -2.12. The van der Waals surface area contributed by atoms with Crippen molar-refractivity contribution in [3.63, 3.8) is 0 Å². The lowest BCUT2D eigenvalue weighted by Crippen LogP contribution is -2.41. The minimum Gasteiger partial charge on any atom is -0.480 e. The van der Waals surface area contributed by atoms with Crippen molar-refractivity contribution in [1.82, 2.24) is 14.7 Å². The van der Waals surface area contributed by atoms with Crippen molar-refractivity contribution in [1.29, 1.82) is 0 Å². The van der Waals surface area contributed by atoms with Crippen molar-refractivity contribution in [2.24, 2.45) is 5.73 Å². The van der Waals surface area contributed by atoms with Gasteiger partial charge in [0.25, 0.3) is 10.0 Å². The van der Waals surface area contributed by atoms with Gasteiger partial charge < -0.3 is 15.8 Å². The maximum absolute atomic E-state index is 12.0. The predicted octanol–water partition coefficient (Wildman–Crippen LogP) is -1.03. The Bertz CT molecular complexity index is 595. The smallest absolute Gasteiger partial charge is 0.321 e. The third kappa shape index (κ3) is 4.31. The molecule has 0 saturated carbocycles. The number of rotatable bonds is 8. The van der Waals surface area contributed by atoms with E-state index in [1.54, 1.807) is 6.92 Å². The van der Waals surface area contributed by atoms with Gasteiger partial charge in [0.05, 0.1) is 6.20 Å². The summed E-state index contributed by atoms with van der Waals surface area (Å²) in [5.41, 5.74) is 4.91. The number of carbonyl (C=O) groups is 2. The highest BCUT2D eigenvalue weighted by molar-refractivity contribution is 7.89. The van der Waals surface area contributed by atoms with E-state index in [0.717, 1.165) is 6.20 Å². The standard InChI is InChI=1S/C10H16N4O5S/c1-2-8-12-5-9(13-8)20(18,19)14-6(10(16)17)3-4-7(11)15/h5-6,14H,2-4H2,1H3,(H2,11,15)(H,12,13)(H,16,17)/t6-/m1/s1. The summed E-state index contributed by atoms with van der Waals surface area (Å²) >= 11 is 0. The van der Waals surface area contributed by atoms with Crippen LogP contribution >= 0.6 is 0 Å². The Morgan fingerprint density at radius 2 is 2.20 bits per heavy atom. The number of aliphatic carboxylic acids is 1. The third-order valence-electron chi connectivity index (χ3n) is 2.50. The molecule has 1 rings (SSSR count). The summed E-state index contributed by atoms with van der Waals surface area (Å²) < 4.78 is 25.9. The van der Waals surface area contributed by atoms with E-state index in [2.05, 4.69) is 9.97 Å². The Balaban J connectivity index is 2.85. The van der Waals surface area contributed by atoms with Crippen LogP contribution in [0.15, 0.2) is 11.2 Å². The van der Waals surface area contributed by atoms with Crippen LogP contribution in [-0.2, 0) is 26.0 Å². The van der Waals surface area contributed by atoms with Crippen LogP contribution in [-0.4, -0.2) is 41.4 Å². The first kappa shape index (κ1) is 16.1. The number of nitrogens with one attached hydrogen (secondary N) is 2. The first-order valence-electron chi connectivity index (χ1n) is 5.83. The molecule has 112 valence electrons. The van der Waals surface area contributed by atoms with Crippen LogP contribution in [0.2, 0.25) is 0 Å². The fraction of sp³-hybridized carbons (Fsp3) is 0.500. The van der Waals surface area contributed by atoms with E-state index < -0.39 is 27.9 Å². The van der Waals surface area contributed by atoms with Gasteiger partial charge in [-0.05, 0) is 6.42 Å². The lowest BCUT2D eigenvalue weighted by atomic mass is 10.2. The van der Waals surface area contributed by atoms with Gasteiger partial charge in [0.2, 0.25) is 5.91 Å². The van der Waals surface area contributed by atoms with E-state index in [0.29, 0.717) is 12.2 Å². The summed E-state index contributed by atoms with van der Waals surface area (Å²) in [4.78, 5) is 28.0. The maximum Gasteiger partial charge on any atom is 0.321 e. The van der Waals surface area contributed by atoms with Crippen LogP contribution in [0.4, 0.5) is 0 Å². The number of carboxylic acids is 1. The van der Waals surface area contributed by atoms with Crippen molar-refractivity contribution in [3.8, 4) is 0 Å². The normalized spacial score (nSPS) is 13.1. The van der Waals surface area contributed by atoms with E-state index in [1.165, 1.54) is 0 Å². The van der Waals surface area contributed by atoms with Crippen LogP contribution in [0.1, 0.15) is 25.6 Å². The van der Waals surface area contributed by atoms with Crippen LogP contribution in [0, 0.1) is 0 Å². The minimum atomic E-state index is -4.04. The molecule has 1 aromatic rings. The number of carboxylic acid groups (broad SMARTS) is 1. The van der Waals surface area contributed by atoms with Crippen molar-refractivity contribution in [3.05, 3.63) is 12.0 Å². The Kier molecular flexibility index (Phi) is 5.22. The Morgan fingerprint density at radius 1 is 1.55 bits per heavy atom. The lowest BCUT2D eigenvalue weighted by molar-refractivity contribution is -0.139. The first-order valence-corrected chi connectivity index (χ1v) is 7.32. The predicted molar refractivity (Wildman–Crippen MR) is 68.1 cm³/mol. The zero-order valence-corrected chi connectivity index (χ0v) is 11.6. The number of aromatic nitrogens is 2. The quantitative estimate of drug-likeness (QED) is 0.481. The third-order valence-corrected chi connectivity index (χ3v) is 3.89. The number of H-pyrrole nitrogens is 1. The van der Waals surface area contributed by atoms with Gasteiger partial charge in [-0.1, -0.05) is 6.92 Å². The highest BCUT2D eigenvalue weighted by Crippen LogP contribution is 2.09. The Morgan fingerprint density at radius 3 is 2.65 bits per heavy atom. The number of nitrogens with two attached hydrogens (primary N) is 1. The zero-order valence-electron chi connectivity index (χ0n) is 10.8. The SMILES string of the molecule is CCc1ncc(S(=O)(=O)N[C@H](CCC(N)=O)C(=O)O)[nH]1. The van der Waals surface area contributed by atoms with Crippen molar-refractivity contribution >= 4 is 21.9 Å². The average molecular weight is 304 g/mol. The van der Waals surface area contributed by atoms with E-state index in [-0.39, 0.29) is 17.9 Å². The number of hydrogen-bond donors (Lipinski definition) is 4. The monoisotopic (exact) mass is 304 g/mol. The molecule has 0 unspecified atom stereocenters. The molecule has 0 aromatic carbocycles. The number of aromatic amines is 1. The summed E-state index contributed by atoms with van der Waals surface area (Å²) in [6.45, 7) is 1.79. The van der Waals surface area contributed by atoms with Gasteiger partial charge in [0, 0.05) is 12.8 Å². The largest absolute Gasteiger partial charge is 0.480 e. The molecule has 1 amide bonds. The number of imidazole rings is 1. The molecule has 1 aromatic heterocycles. The molecule has 0 aliphatic carbocycles. The van der Waals surface area contributed by atoms with Gasteiger partial charge in [0.1, 0.15) is 11.9 Å². The Hall–Kier alpha value is -1.94. The van der Waals surface area contributed by atoms with E-state index in [9.17, 15) is 18.0 Å². The minimum absolute atomic E-state index is 0.223. The fourth-order valence-electron chi connectivity index (χ4n) is 1.43. The summed E-state index contributed by atoms with van der Waals surface area (Å²) in [6.07, 6.45) is 1.16. The molecular weight excluding hydrogens is 288 g/mol. The highest BCUT2D eigenvalue weighted by Gasteiger charge is 2.26. The number of primary amides is 1. The molecule has 0 saturated heterocycles. The molecule has 9 nitrogen and oxygen atoms in total. The topological polar surface area (TPSA) is 155 Å². The van der Waals surface area contributed by atoms with Gasteiger partial charge >= 0.3 is 5.97 Å². The molecule has 1 heterocycles. The molecule has 0 fully saturated rings.